The maximum absolute atomic E-state index is 11.7. The number of aromatic nitrogens is 2. The van der Waals surface area contributed by atoms with Gasteiger partial charge < -0.3 is 25.2 Å². The topological polar surface area (TPSA) is 82.6 Å². The molecule has 1 saturated heterocycles. The monoisotopic (exact) mass is 542 g/mol. The van der Waals surface area contributed by atoms with Crippen molar-refractivity contribution in [2.75, 3.05) is 48.8 Å². The molecule has 0 bridgehead atoms. The molecule has 0 aliphatic carbocycles. The van der Waals surface area contributed by atoms with Gasteiger partial charge in [0.05, 0.1) is 5.52 Å². The Morgan fingerprint density at radius 2 is 1.97 bits per heavy atom. The molecule has 3 heterocycles. The third kappa shape index (κ3) is 6.21. The van der Waals surface area contributed by atoms with Crippen LogP contribution in [0, 0.1) is 0 Å². The van der Waals surface area contributed by atoms with E-state index >= 15 is 0 Å². The Morgan fingerprint density at radius 1 is 1.15 bits per heavy atom. The fourth-order valence-corrected chi connectivity index (χ4v) is 5.33. The van der Waals surface area contributed by atoms with E-state index in [1.165, 1.54) is 28.7 Å². The molecule has 0 radical (unpaired) electrons. The maximum Gasteiger partial charge on any atom is 0.247 e. The summed E-state index contributed by atoms with van der Waals surface area (Å²) in [5, 5.41) is 8.23. The second-order valence-electron chi connectivity index (χ2n) is 9.81. The number of amides is 1. The minimum atomic E-state index is -0.280. The van der Waals surface area contributed by atoms with Crippen molar-refractivity contribution in [2.45, 2.75) is 26.2 Å². The Balaban J connectivity index is 1.44. The molecular weight excluding hydrogens is 508 g/mol. The average molecular weight is 543 g/mol. The molecule has 2 aromatic heterocycles. The average Bonchev–Trinajstić information content (AvgIpc) is 3.42. The number of nitrogens with one attached hydrogen (secondary N) is 2. The van der Waals surface area contributed by atoms with E-state index in [1.807, 2.05) is 23.6 Å². The zero-order chi connectivity index (χ0) is 27.4. The van der Waals surface area contributed by atoms with Crippen molar-refractivity contribution in [1.82, 2.24) is 14.9 Å². The molecule has 202 valence electrons. The molecule has 5 rings (SSSR count). The van der Waals surface area contributed by atoms with Crippen LogP contribution in [-0.2, 0) is 4.79 Å². The predicted molar refractivity (Wildman–Crippen MR) is 161 cm³/mol. The summed E-state index contributed by atoms with van der Waals surface area (Å²) in [4.78, 5) is 26.1. The van der Waals surface area contributed by atoms with E-state index in [-0.39, 0.29) is 5.91 Å². The molecule has 8 nitrogen and oxygen atoms in total. The first-order valence-corrected chi connectivity index (χ1v) is 14.1. The molecule has 1 amide bonds. The van der Waals surface area contributed by atoms with E-state index in [2.05, 4.69) is 66.1 Å². The SMILES string of the molecule is C=CC(=O)Nc1cccc(Oc2nc(Nc3ccc(N4CCN(C)CC4)cc3C(C)CC)nc3ccsc23)c1. The van der Waals surface area contributed by atoms with Gasteiger partial charge in [-0.15, -0.1) is 11.3 Å². The Hall–Kier alpha value is -3.95. The lowest BCUT2D eigenvalue weighted by Crippen LogP contribution is -2.44. The first-order valence-electron chi connectivity index (χ1n) is 13.2. The molecule has 2 aromatic carbocycles. The van der Waals surface area contributed by atoms with Crippen molar-refractivity contribution in [3.05, 3.63) is 72.1 Å². The second kappa shape index (κ2) is 11.8. The Bertz CT molecular complexity index is 1480. The van der Waals surface area contributed by atoms with Crippen LogP contribution < -0.4 is 20.3 Å². The van der Waals surface area contributed by atoms with E-state index in [0.717, 1.165) is 48.5 Å². The van der Waals surface area contributed by atoms with Gasteiger partial charge in [-0.05, 0) is 72.8 Å². The number of hydrogen-bond acceptors (Lipinski definition) is 8. The van der Waals surface area contributed by atoms with E-state index < -0.39 is 0 Å². The Morgan fingerprint density at radius 3 is 2.74 bits per heavy atom. The van der Waals surface area contributed by atoms with Crippen LogP contribution in [0.5, 0.6) is 11.6 Å². The van der Waals surface area contributed by atoms with Crippen molar-refractivity contribution in [1.29, 1.82) is 0 Å². The summed E-state index contributed by atoms with van der Waals surface area (Å²) in [5.74, 6) is 1.59. The van der Waals surface area contributed by atoms with Gasteiger partial charge in [-0.2, -0.15) is 4.98 Å². The lowest BCUT2D eigenvalue weighted by Gasteiger charge is -2.34. The van der Waals surface area contributed by atoms with Gasteiger partial charge in [0.2, 0.25) is 17.7 Å². The highest BCUT2D eigenvalue weighted by Gasteiger charge is 2.19. The summed E-state index contributed by atoms with van der Waals surface area (Å²) in [5.41, 5.74) is 4.92. The van der Waals surface area contributed by atoms with Gasteiger partial charge in [-0.1, -0.05) is 26.5 Å². The van der Waals surface area contributed by atoms with Gasteiger partial charge in [-0.25, -0.2) is 4.98 Å². The van der Waals surface area contributed by atoms with Gasteiger partial charge in [0.15, 0.2) is 0 Å². The molecule has 2 N–H and O–H groups in total. The van der Waals surface area contributed by atoms with Crippen LogP contribution in [-0.4, -0.2) is 54.0 Å². The van der Waals surface area contributed by atoms with E-state index in [0.29, 0.717) is 29.2 Å². The molecule has 1 atom stereocenters. The molecule has 1 fully saturated rings. The molecule has 0 spiro atoms. The van der Waals surface area contributed by atoms with E-state index in [1.54, 1.807) is 12.1 Å². The van der Waals surface area contributed by atoms with Crippen molar-refractivity contribution in [3.8, 4) is 11.6 Å². The number of thiophene rings is 1. The number of benzene rings is 2. The van der Waals surface area contributed by atoms with Crippen molar-refractivity contribution in [2.24, 2.45) is 0 Å². The van der Waals surface area contributed by atoms with E-state index in [4.69, 9.17) is 14.7 Å². The minimum absolute atomic E-state index is 0.280. The summed E-state index contributed by atoms with van der Waals surface area (Å²) in [7, 11) is 2.18. The molecule has 1 aliphatic rings. The lowest BCUT2D eigenvalue weighted by molar-refractivity contribution is -0.111. The van der Waals surface area contributed by atoms with Crippen molar-refractivity contribution in [3.63, 3.8) is 0 Å². The quantitative estimate of drug-likeness (QED) is 0.230. The van der Waals surface area contributed by atoms with Crippen LogP contribution in [0.4, 0.5) is 23.0 Å². The molecule has 1 unspecified atom stereocenters. The molecule has 39 heavy (non-hydrogen) atoms. The molecular formula is C30H34N6O2S. The smallest absolute Gasteiger partial charge is 0.247 e. The first-order chi connectivity index (χ1) is 18.9. The lowest BCUT2D eigenvalue weighted by atomic mass is 9.96. The fourth-order valence-electron chi connectivity index (χ4n) is 4.58. The summed E-state index contributed by atoms with van der Waals surface area (Å²) in [6, 6.07) is 15.8. The number of carbonyl (C=O) groups excluding carboxylic acids is 1. The van der Waals surface area contributed by atoms with Gasteiger partial charge in [0.1, 0.15) is 10.4 Å². The highest BCUT2D eigenvalue weighted by Crippen LogP contribution is 2.36. The van der Waals surface area contributed by atoms with Crippen molar-refractivity contribution < 1.29 is 9.53 Å². The summed E-state index contributed by atoms with van der Waals surface area (Å²) in [6.07, 6.45) is 2.26. The fraction of sp³-hybridized carbons (Fsp3) is 0.300. The second-order valence-corrected chi connectivity index (χ2v) is 10.7. The summed E-state index contributed by atoms with van der Waals surface area (Å²) in [6.45, 7) is 12.2. The van der Waals surface area contributed by atoms with Crippen LogP contribution >= 0.6 is 11.3 Å². The van der Waals surface area contributed by atoms with Crippen LogP contribution in [0.1, 0.15) is 31.7 Å². The van der Waals surface area contributed by atoms with E-state index in [9.17, 15) is 4.79 Å². The van der Waals surface area contributed by atoms with Crippen LogP contribution in [0.3, 0.4) is 0 Å². The zero-order valence-corrected chi connectivity index (χ0v) is 23.4. The third-order valence-corrected chi connectivity index (χ3v) is 7.96. The first kappa shape index (κ1) is 26.6. The molecule has 4 aromatic rings. The minimum Gasteiger partial charge on any atom is -0.437 e. The predicted octanol–water partition coefficient (Wildman–Crippen LogP) is 6.62. The van der Waals surface area contributed by atoms with Gasteiger partial charge >= 0.3 is 0 Å². The third-order valence-electron chi connectivity index (χ3n) is 7.07. The Labute approximate surface area is 233 Å². The summed E-state index contributed by atoms with van der Waals surface area (Å²) < 4.78 is 7.08. The number of carbonyl (C=O) groups is 1. The number of hydrogen-bond donors (Lipinski definition) is 2. The van der Waals surface area contributed by atoms with Crippen molar-refractivity contribution >= 4 is 50.5 Å². The number of anilines is 4. The van der Waals surface area contributed by atoms with Gasteiger partial charge in [-0.3, -0.25) is 4.79 Å². The molecule has 9 heteroatoms. The highest BCUT2D eigenvalue weighted by atomic mass is 32.1. The maximum atomic E-state index is 11.7. The number of nitrogens with zero attached hydrogens (tertiary/aromatic N) is 4. The van der Waals surface area contributed by atoms with Crippen LogP contribution in [0.25, 0.3) is 10.2 Å². The van der Waals surface area contributed by atoms with Crippen LogP contribution in [0.2, 0.25) is 0 Å². The number of likely N-dealkylation sites (N-methyl/N-ethyl adjacent to an activating group) is 1. The molecule has 0 saturated carbocycles. The number of rotatable bonds is 9. The van der Waals surface area contributed by atoms with Gasteiger partial charge in [0.25, 0.3) is 0 Å². The van der Waals surface area contributed by atoms with Gasteiger partial charge in [0, 0.05) is 49.3 Å². The van der Waals surface area contributed by atoms with Crippen LogP contribution in [0.15, 0.2) is 66.6 Å². The number of fused-ring (bicyclic) bond motifs is 1. The zero-order valence-electron chi connectivity index (χ0n) is 22.6. The normalized spacial score (nSPS) is 14.7. The summed E-state index contributed by atoms with van der Waals surface area (Å²) >= 11 is 1.53. The standard InChI is InChI=1S/C30H34N6O2S/c1-5-20(3)24-19-22(36-15-13-35(4)14-16-36)10-11-25(24)32-30-33-26-12-17-39-28(26)29(34-30)38-23-9-7-8-21(18-23)31-27(37)6-2/h6-12,17-20H,2,5,13-16H2,1,3-4H3,(H,31,37)(H,32,33,34). The Kier molecular flexibility index (Phi) is 8.09. The number of ether oxygens (including phenoxy) is 1. The highest BCUT2D eigenvalue weighted by molar-refractivity contribution is 7.17. The molecule has 1 aliphatic heterocycles. The number of piperazine rings is 1. The largest absolute Gasteiger partial charge is 0.437 e.